The summed E-state index contributed by atoms with van der Waals surface area (Å²) in [6.45, 7) is 1.94. The van der Waals surface area contributed by atoms with Crippen molar-refractivity contribution in [2.45, 2.75) is 51.6 Å². The van der Waals surface area contributed by atoms with E-state index in [4.69, 9.17) is 29.8 Å². The molecule has 1 aliphatic carbocycles. The van der Waals surface area contributed by atoms with Gasteiger partial charge in [0.2, 0.25) is 0 Å². The first-order chi connectivity index (χ1) is 21.1. The maximum atomic E-state index is 10.4. The number of aliphatic imine (C=N–C) groups is 2. The van der Waals surface area contributed by atoms with Crippen molar-refractivity contribution in [2.24, 2.45) is 9.98 Å². The average Bonchev–Trinajstić information content (AvgIpc) is 3.01. The third-order valence-electron chi connectivity index (χ3n) is 6.74. The number of phenolic OH excluding ortho intramolecular Hbond substituents is 2. The van der Waals surface area contributed by atoms with Crippen molar-refractivity contribution >= 4 is 24.4 Å². The fourth-order valence-corrected chi connectivity index (χ4v) is 4.72. The summed E-state index contributed by atoms with van der Waals surface area (Å²) in [5.41, 5.74) is 5.78. The van der Waals surface area contributed by atoms with Gasteiger partial charge in [0, 0.05) is 35.5 Å². The zero-order valence-electron chi connectivity index (χ0n) is 25.1. The summed E-state index contributed by atoms with van der Waals surface area (Å²) < 4.78 is 0. The molecule has 4 aromatic rings. The van der Waals surface area contributed by atoms with E-state index in [0.717, 1.165) is 72.9 Å². The zero-order chi connectivity index (χ0) is 31.9. The van der Waals surface area contributed by atoms with E-state index in [-0.39, 0.29) is 40.4 Å². The summed E-state index contributed by atoms with van der Waals surface area (Å²) >= 11 is 0. The van der Waals surface area contributed by atoms with Crippen molar-refractivity contribution in [3.05, 3.63) is 108 Å². The standard InChI is InChI=1S/C32H30N2O2.2C2H4O2.Co/c35-31-16-14-25(23-8-3-1-4-9-23)18-27(31)21-33-29-12-7-13-30(20-29)34-22-28-19-26(15-17-32(28)36)24-10-5-2-6-11-24;2*1-2(3)4;/h1-6,8-11,14-19,21-22,29-30,35-36H,7,12-13,20H2;2*1H3,(H,3,4);/q;;;+2/p-2. The number of hydrogen-bond donors (Lipinski definition) is 2. The van der Waals surface area contributed by atoms with Crippen LogP contribution in [0.2, 0.25) is 0 Å². The van der Waals surface area contributed by atoms with Gasteiger partial charge in [-0.15, -0.1) is 0 Å². The molecule has 0 saturated heterocycles. The maximum Gasteiger partial charge on any atom is 2.00 e. The molecular formula is C36H36CoN2O6. The molecule has 0 aromatic heterocycles. The molecule has 5 rings (SSSR count). The van der Waals surface area contributed by atoms with Crippen LogP contribution >= 0.6 is 0 Å². The van der Waals surface area contributed by atoms with Crippen molar-refractivity contribution < 1.29 is 46.8 Å². The number of aromatic hydroxyl groups is 2. The number of carboxylic acid groups (broad SMARTS) is 2. The third kappa shape index (κ3) is 12.8. The van der Waals surface area contributed by atoms with Gasteiger partial charge in [0.05, 0.1) is 12.1 Å². The van der Waals surface area contributed by atoms with Crippen LogP contribution in [0.3, 0.4) is 0 Å². The Hall–Kier alpha value is -4.73. The second-order valence-electron chi connectivity index (χ2n) is 10.3. The van der Waals surface area contributed by atoms with E-state index in [1.165, 1.54) is 0 Å². The molecule has 0 spiro atoms. The second-order valence-corrected chi connectivity index (χ2v) is 10.3. The van der Waals surface area contributed by atoms with Crippen molar-refractivity contribution in [3.8, 4) is 33.8 Å². The number of carbonyl (C=O) groups excluding carboxylic acids is 2. The first kappa shape index (κ1) is 36.5. The molecule has 0 aliphatic heterocycles. The normalized spacial score (nSPS) is 15.6. The average molecular weight is 652 g/mol. The maximum absolute atomic E-state index is 10.4. The zero-order valence-corrected chi connectivity index (χ0v) is 26.2. The quantitative estimate of drug-likeness (QED) is 0.287. The van der Waals surface area contributed by atoms with Gasteiger partial charge in [0.15, 0.2) is 0 Å². The van der Waals surface area contributed by atoms with Gasteiger partial charge in [0.25, 0.3) is 0 Å². The number of aliphatic carboxylic acids is 2. The van der Waals surface area contributed by atoms with Crippen molar-refractivity contribution in [2.75, 3.05) is 0 Å². The van der Waals surface area contributed by atoms with Crippen LogP contribution in [0.15, 0.2) is 107 Å². The van der Waals surface area contributed by atoms with Gasteiger partial charge in [-0.2, -0.15) is 0 Å². The van der Waals surface area contributed by atoms with Crippen LogP contribution in [0.5, 0.6) is 11.5 Å². The van der Waals surface area contributed by atoms with Crippen LogP contribution < -0.4 is 10.2 Å². The van der Waals surface area contributed by atoms with E-state index >= 15 is 0 Å². The summed E-state index contributed by atoms with van der Waals surface area (Å²) in [5, 5.41) is 38.5. The Morgan fingerprint density at radius 1 is 0.644 bits per heavy atom. The Bertz CT molecular complexity index is 1450. The predicted molar refractivity (Wildman–Crippen MR) is 170 cm³/mol. The summed E-state index contributed by atoms with van der Waals surface area (Å²) in [6.07, 6.45) is 7.52. The summed E-state index contributed by atoms with van der Waals surface area (Å²) in [7, 11) is 0. The van der Waals surface area contributed by atoms with Crippen LogP contribution in [0.4, 0.5) is 0 Å². The number of rotatable bonds is 6. The summed E-state index contributed by atoms with van der Waals surface area (Å²) in [6, 6.07) is 31.9. The fourth-order valence-electron chi connectivity index (χ4n) is 4.72. The fraction of sp³-hybridized carbons (Fsp3) is 0.222. The predicted octanol–water partition coefficient (Wildman–Crippen LogP) is 4.79. The van der Waals surface area contributed by atoms with Crippen LogP contribution in [-0.4, -0.2) is 46.7 Å². The number of phenols is 2. The minimum Gasteiger partial charge on any atom is -0.550 e. The molecule has 2 N–H and O–H groups in total. The van der Waals surface area contributed by atoms with Gasteiger partial charge < -0.3 is 30.0 Å². The Morgan fingerprint density at radius 3 is 1.36 bits per heavy atom. The Labute approximate surface area is 274 Å². The summed E-state index contributed by atoms with van der Waals surface area (Å²) in [4.78, 5) is 27.4. The molecule has 0 bridgehead atoms. The molecule has 235 valence electrons. The molecular weight excluding hydrogens is 615 g/mol. The van der Waals surface area contributed by atoms with Crippen molar-refractivity contribution in [1.29, 1.82) is 0 Å². The third-order valence-corrected chi connectivity index (χ3v) is 6.74. The Balaban J connectivity index is 0.000000704. The minimum atomic E-state index is -1.08. The van der Waals surface area contributed by atoms with E-state index < -0.39 is 11.9 Å². The molecule has 1 fully saturated rings. The molecule has 8 nitrogen and oxygen atoms in total. The van der Waals surface area contributed by atoms with Crippen LogP contribution in [-0.2, 0) is 26.4 Å². The van der Waals surface area contributed by atoms with Gasteiger partial charge >= 0.3 is 16.8 Å². The molecule has 9 heteroatoms. The van der Waals surface area contributed by atoms with Crippen LogP contribution in [0, 0.1) is 0 Å². The summed E-state index contributed by atoms with van der Waals surface area (Å²) in [5.74, 6) is -1.70. The SMILES string of the molecule is CC(=O)[O-].CC(=O)[O-].Oc1ccc(-c2ccccc2)cc1C=NC1CCCC(N=Cc2cc(-c3ccccc3)ccc2O)C1.[Co+2]. The van der Waals surface area contributed by atoms with E-state index in [1.807, 2.05) is 60.7 Å². The minimum absolute atomic E-state index is 0. The smallest absolute Gasteiger partial charge is 0.550 e. The first-order valence-electron chi connectivity index (χ1n) is 14.3. The van der Waals surface area contributed by atoms with Crippen molar-refractivity contribution in [1.82, 2.24) is 0 Å². The monoisotopic (exact) mass is 651 g/mol. The molecule has 2 unspecified atom stereocenters. The van der Waals surface area contributed by atoms with Gasteiger partial charge in [-0.25, -0.2) is 0 Å². The van der Waals surface area contributed by atoms with Gasteiger partial charge in [-0.3, -0.25) is 9.98 Å². The van der Waals surface area contributed by atoms with E-state index in [1.54, 1.807) is 24.6 Å². The molecule has 45 heavy (non-hydrogen) atoms. The molecule has 1 saturated carbocycles. The molecule has 0 amide bonds. The molecule has 4 aromatic carbocycles. The largest absolute Gasteiger partial charge is 2.00 e. The van der Waals surface area contributed by atoms with Gasteiger partial charge in [-0.1, -0.05) is 72.8 Å². The van der Waals surface area contributed by atoms with Crippen LogP contribution in [0.1, 0.15) is 50.7 Å². The molecule has 2 atom stereocenters. The number of carboxylic acids is 2. The van der Waals surface area contributed by atoms with Crippen molar-refractivity contribution in [3.63, 3.8) is 0 Å². The van der Waals surface area contributed by atoms with E-state index in [0.29, 0.717) is 0 Å². The molecule has 1 radical (unpaired) electrons. The van der Waals surface area contributed by atoms with E-state index in [9.17, 15) is 10.2 Å². The number of carbonyl (C=O) groups is 2. The Morgan fingerprint density at radius 2 is 1.00 bits per heavy atom. The number of benzene rings is 4. The number of hydrogen-bond acceptors (Lipinski definition) is 8. The topological polar surface area (TPSA) is 145 Å². The van der Waals surface area contributed by atoms with E-state index in [2.05, 4.69) is 24.3 Å². The second kappa shape index (κ2) is 18.8. The molecule has 0 heterocycles. The van der Waals surface area contributed by atoms with Gasteiger partial charge in [0.1, 0.15) is 11.5 Å². The number of nitrogens with zero attached hydrogens (tertiary/aromatic N) is 2. The van der Waals surface area contributed by atoms with Crippen LogP contribution in [0.25, 0.3) is 22.3 Å². The Kier molecular flexibility index (Phi) is 15.3. The van der Waals surface area contributed by atoms with Gasteiger partial charge in [-0.05, 0) is 86.1 Å². The molecule has 1 aliphatic rings. The first-order valence-corrected chi connectivity index (χ1v) is 14.3.